The summed E-state index contributed by atoms with van der Waals surface area (Å²) in [7, 11) is 1.71. The summed E-state index contributed by atoms with van der Waals surface area (Å²) in [6.45, 7) is 1.51. The number of rotatable bonds is 5. The lowest BCUT2D eigenvalue weighted by atomic mass is 10.1. The van der Waals surface area contributed by atoms with Gasteiger partial charge in [0.25, 0.3) is 0 Å². The zero-order valence-electron chi connectivity index (χ0n) is 11.4. The van der Waals surface area contributed by atoms with Crippen molar-refractivity contribution in [1.82, 2.24) is 5.32 Å². The molecule has 0 spiro atoms. The molecule has 1 aliphatic heterocycles. The number of para-hydroxylation sites is 1. The van der Waals surface area contributed by atoms with Gasteiger partial charge in [-0.15, -0.1) is 0 Å². The quantitative estimate of drug-likeness (QED) is 0.853. The molecule has 1 aliphatic rings. The maximum absolute atomic E-state index is 11.6. The van der Waals surface area contributed by atoms with Crippen molar-refractivity contribution >= 4 is 11.6 Å². The second-order valence-corrected chi connectivity index (χ2v) is 4.94. The highest BCUT2D eigenvalue weighted by atomic mass is 16.5. The zero-order valence-corrected chi connectivity index (χ0v) is 11.4. The number of carbonyl (C=O) groups excluding carboxylic acids is 1. The van der Waals surface area contributed by atoms with Crippen molar-refractivity contribution in [1.29, 1.82) is 0 Å². The number of nitrogens with one attached hydrogen (secondary N) is 2. The SMILES string of the molecule is COCCc1ccccc1NC1CCCNC(=O)C1. The fourth-order valence-electron chi connectivity index (χ4n) is 2.41. The topological polar surface area (TPSA) is 50.4 Å². The molecule has 1 atom stereocenters. The van der Waals surface area contributed by atoms with Gasteiger partial charge in [0.2, 0.25) is 5.91 Å². The molecule has 2 N–H and O–H groups in total. The minimum atomic E-state index is 0.143. The lowest BCUT2D eigenvalue weighted by Gasteiger charge is -2.19. The smallest absolute Gasteiger partial charge is 0.222 e. The zero-order chi connectivity index (χ0) is 13.5. The van der Waals surface area contributed by atoms with Crippen LogP contribution in [0.2, 0.25) is 0 Å². The van der Waals surface area contributed by atoms with Gasteiger partial charge < -0.3 is 15.4 Å². The van der Waals surface area contributed by atoms with E-state index in [1.165, 1.54) is 5.56 Å². The molecule has 1 unspecified atom stereocenters. The van der Waals surface area contributed by atoms with Gasteiger partial charge >= 0.3 is 0 Å². The molecule has 0 saturated carbocycles. The number of methoxy groups -OCH3 is 1. The number of hydrogen-bond acceptors (Lipinski definition) is 3. The lowest BCUT2D eigenvalue weighted by molar-refractivity contribution is -0.120. The minimum absolute atomic E-state index is 0.143. The Labute approximate surface area is 114 Å². The first-order valence-electron chi connectivity index (χ1n) is 6.89. The summed E-state index contributed by atoms with van der Waals surface area (Å²) in [6, 6.07) is 8.48. The Morgan fingerprint density at radius 1 is 1.42 bits per heavy atom. The van der Waals surface area contributed by atoms with Crippen LogP contribution in [0.4, 0.5) is 5.69 Å². The normalized spacial score (nSPS) is 19.6. The standard InChI is InChI=1S/C15H22N2O2/c1-19-10-8-12-5-2-3-7-14(12)17-13-6-4-9-16-15(18)11-13/h2-3,5,7,13,17H,4,6,8-11H2,1H3,(H,16,18). The average molecular weight is 262 g/mol. The van der Waals surface area contributed by atoms with Gasteiger partial charge in [0.05, 0.1) is 6.61 Å². The van der Waals surface area contributed by atoms with Crippen molar-refractivity contribution in [2.45, 2.75) is 31.7 Å². The Hall–Kier alpha value is -1.55. The molecule has 1 amide bonds. The van der Waals surface area contributed by atoms with Gasteiger partial charge in [0.1, 0.15) is 0 Å². The number of amides is 1. The summed E-state index contributed by atoms with van der Waals surface area (Å²) in [5.74, 6) is 0.143. The molecule has 1 aromatic carbocycles. The van der Waals surface area contributed by atoms with Crippen LogP contribution in [0.1, 0.15) is 24.8 Å². The van der Waals surface area contributed by atoms with Crippen molar-refractivity contribution in [3.8, 4) is 0 Å². The molecule has 1 fully saturated rings. The highest BCUT2D eigenvalue weighted by molar-refractivity contribution is 5.77. The maximum Gasteiger partial charge on any atom is 0.222 e. The molecule has 0 radical (unpaired) electrons. The molecule has 4 heteroatoms. The average Bonchev–Trinajstić information content (AvgIpc) is 2.62. The molecule has 0 bridgehead atoms. The van der Waals surface area contributed by atoms with Crippen LogP contribution < -0.4 is 10.6 Å². The second-order valence-electron chi connectivity index (χ2n) is 4.94. The van der Waals surface area contributed by atoms with Gasteiger partial charge in [-0.05, 0) is 30.9 Å². The van der Waals surface area contributed by atoms with E-state index < -0.39 is 0 Å². The van der Waals surface area contributed by atoms with Crippen LogP contribution in [0.3, 0.4) is 0 Å². The molecule has 1 aromatic rings. The van der Waals surface area contributed by atoms with Crippen molar-refractivity contribution < 1.29 is 9.53 Å². The molecular weight excluding hydrogens is 240 g/mol. The van der Waals surface area contributed by atoms with Crippen LogP contribution in [0.15, 0.2) is 24.3 Å². The highest BCUT2D eigenvalue weighted by Gasteiger charge is 2.17. The Morgan fingerprint density at radius 2 is 2.26 bits per heavy atom. The Balaban J connectivity index is 2.02. The predicted octanol–water partition coefficient (Wildman–Crippen LogP) is 1.96. The lowest BCUT2D eigenvalue weighted by Crippen LogP contribution is -2.27. The number of benzene rings is 1. The fourth-order valence-corrected chi connectivity index (χ4v) is 2.41. The number of carbonyl (C=O) groups is 1. The van der Waals surface area contributed by atoms with Gasteiger partial charge in [0, 0.05) is 31.8 Å². The Bertz CT molecular complexity index is 420. The third kappa shape index (κ3) is 4.24. The molecule has 1 heterocycles. The minimum Gasteiger partial charge on any atom is -0.384 e. The van der Waals surface area contributed by atoms with Gasteiger partial charge in [0.15, 0.2) is 0 Å². The first-order chi connectivity index (χ1) is 9.29. The first-order valence-corrected chi connectivity index (χ1v) is 6.89. The van der Waals surface area contributed by atoms with Crippen LogP contribution >= 0.6 is 0 Å². The molecule has 2 rings (SSSR count). The molecular formula is C15H22N2O2. The largest absolute Gasteiger partial charge is 0.384 e. The summed E-state index contributed by atoms with van der Waals surface area (Å²) in [5, 5.41) is 6.42. The van der Waals surface area contributed by atoms with Crippen molar-refractivity contribution in [3.63, 3.8) is 0 Å². The van der Waals surface area contributed by atoms with E-state index in [0.29, 0.717) is 13.0 Å². The summed E-state index contributed by atoms with van der Waals surface area (Å²) >= 11 is 0. The van der Waals surface area contributed by atoms with E-state index in [4.69, 9.17) is 4.74 Å². The summed E-state index contributed by atoms with van der Waals surface area (Å²) in [5.41, 5.74) is 2.37. The van der Waals surface area contributed by atoms with E-state index >= 15 is 0 Å². The van der Waals surface area contributed by atoms with Crippen LogP contribution in [0.5, 0.6) is 0 Å². The maximum atomic E-state index is 11.6. The predicted molar refractivity (Wildman–Crippen MR) is 76.3 cm³/mol. The molecule has 4 nitrogen and oxygen atoms in total. The van der Waals surface area contributed by atoms with E-state index in [-0.39, 0.29) is 11.9 Å². The van der Waals surface area contributed by atoms with Crippen LogP contribution in [-0.2, 0) is 16.0 Å². The third-order valence-corrected chi connectivity index (χ3v) is 3.44. The Morgan fingerprint density at radius 3 is 3.11 bits per heavy atom. The summed E-state index contributed by atoms with van der Waals surface area (Å²) < 4.78 is 5.14. The fraction of sp³-hybridized carbons (Fsp3) is 0.533. The molecule has 104 valence electrons. The summed E-state index contributed by atoms with van der Waals surface area (Å²) in [4.78, 5) is 11.6. The van der Waals surface area contributed by atoms with Crippen molar-refractivity contribution in [2.75, 3.05) is 25.6 Å². The monoisotopic (exact) mass is 262 g/mol. The van der Waals surface area contributed by atoms with E-state index in [1.54, 1.807) is 7.11 Å². The number of anilines is 1. The molecule has 0 aromatic heterocycles. The molecule has 19 heavy (non-hydrogen) atoms. The first kappa shape index (κ1) is 13.9. The van der Waals surface area contributed by atoms with E-state index in [0.717, 1.165) is 31.5 Å². The van der Waals surface area contributed by atoms with Gasteiger partial charge in [-0.2, -0.15) is 0 Å². The van der Waals surface area contributed by atoms with Crippen LogP contribution in [0.25, 0.3) is 0 Å². The number of ether oxygens (including phenoxy) is 1. The van der Waals surface area contributed by atoms with E-state index in [1.807, 2.05) is 12.1 Å². The van der Waals surface area contributed by atoms with Crippen molar-refractivity contribution in [2.24, 2.45) is 0 Å². The van der Waals surface area contributed by atoms with Gasteiger partial charge in [-0.25, -0.2) is 0 Å². The number of hydrogen-bond donors (Lipinski definition) is 2. The second kappa shape index (κ2) is 7.14. The molecule has 0 aliphatic carbocycles. The van der Waals surface area contributed by atoms with Crippen LogP contribution in [-0.4, -0.2) is 32.2 Å². The summed E-state index contributed by atoms with van der Waals surface area (Å²) in [6.07, 6.45) is 3.50. The van der Waals surface area contributed by atoms with Crippen molar-refractivity contribution in [3.05, 3.63) is 29.8 Å². The van der Waals surface area contributed by atoms with Gasteiger partial charge in [-0.3, -0.25) is 4.79 Å². The highest BCUT2D eigenvalue weighted by Crippen LogP contribution is 2.20. The third-order valence-electron chi connectivity index (χ3n) is 3.44. The van der Waals surface area contributed by atoms with E-state index in [9.17, 15) is 4.79 Å². The Kier molecular flexibility index (Phi) is 5.21. The van der Waals surface area contributed by atoms with E-state index in [2.05, 4.69) is 22.8 Å². The van der Waals surface area contributed by atoms with Crippen LogP contribution in [0, 0.1) is 0 Å². The molecule has 1 saturated heterocycles. The van der Waals surface area contributed by atoms with Gasteiger partial charge in [-0.1, -0.05) is 18.2 Å².